The van der Waals surface area contributed by atoms with Gasteiger partial charge in [0.05, 0.1) is 15.7 Å². The largest absolute Gasteiger partial charge is 0.478 e. The number of nitrogens with one attached hydrogen (secondary N) is 2. The van der Waals surface area contributed by atoms with Crippen LogP contribution in [0.2, 0.25) is 0 Å². The maximum atomic E-state index is 12.4. The summed E-state index contributed by atoms with van der Waals surface area (Å²) >= 11 is 1.31. The van der Waals surface area contributed by atoms with Gasteiger partial charge < -0.3 is 15.7 Å². The van der Waals surface area contributed by atoms with Gasteiger partial charge in [-0.3, -0.25) is 19.7 Å². The summed E-state index contributed by atoms with van der Waals surface area (Å²) in [5.41, 5.74) is 1.14. The minimum Gasteiger partial charge on any atom is -0.478 e. The summed E-state index contributed by atoms with van der Waals surface area (Å²) in [6.07, 6.45) is 0. The molecule has 0 aliphatic heterocycles. The number of anilines is 2. The molecule has 0 saturated heterocycles. The van der Waals surface area contributed by atoms with E-state index in [-0.39, 0.29) is 22.7 Å². The highest BCUT2D eigenvalue weighted by Gasteiger charge is 2.16. The molecule has 0 spiro atoms. The number of carbonyl (C=O) groups excluding carboxylic acids is 2. The van der Waals surface area contributed by atoms with E-state index in [0.29, 0.717) is 11.4 Å². The number of nitro benzene ring substituents is 1. The van der Waals surface area contributed by atoms with Crippen LogP contribution in [0.15, 0.2) is 77.7 Å². The number of non-ortho nitro benzene ring substituents is 1. The van der Waals surface area contributed by atoms with Gasteiger partial charge >= 0.3 is 5.97 Å². The highest BCUT2D eigenvalue weighted by Crippen LogP contribution is 2.26. The molecule has 1 unspecified atom stereocenters. The van der Waals surface area contributed by atoms with Gasteiger partial charge in [0, 0.05) is 34.0 Å². The maximum Gasteiger partial charge on any atom is 0.335 e. The average molecular weight is 465 g/mol. The molecule has 0 aromatic heterocycles. The van der Waals surface area contributed by atoms with Crippen LogP contribution in [0.4, 0.5) is 17.1 Å². The number of benzene rings is 3. The monoisotopic (exact) mass is 465 g/mol. The fourth-order valence-electron chi connectivity index (χ4n) is 2.78. The second kappa shape index (κ2) is 10.4. The first-order valence-corrected chi connectivity index (χ1v) is 10.6. The molecule has 1 atom stereocenters. The Balaban J connectivity index is 1.56. The maximum absolute atomic E-state index is 12.4. The minimum atomic E-state index is -1.04. The zero-order valence-corrected chi connectivity index (χ0v) is 18.2. The molecule has 9 nitrogen and oxygen atoms in total. The molecule has 3 rings (SSSR count). The van der Waals surface area contributed by atoms with Crippen LogP contribution in [-0.4, -0.2) is 33.1 Å². The molecule has 3 N–H and O–H groups in total. The molecule has 0 aliphatic carbocycles. The lowest BCUT2D eigenvalue weighted by atomic mass is 10.2. The zero-order chi connectivity index (χ0) is 24.0. The van der Waals surface area contributed by atoms with Crippen molar-refractivity contribution in [2.75, 3.05) is 10.6 Å². The normalized spacial score (nSPS) is 11.3. The summed E-state index contributed by atoms with van der Waals surface area (Å²) in [6.45, 7) is 1.74. The quantitative estimate of drug-likeness (QED) is 0.250. The van der Waals surface area contributed by atoms with E-state index in [4.69, 9.17) is 5.11 Å². The number of aromatic carboxylic acids is 1. The van der Waals surface area contributed by atoms with Gasteiger partial charge in [0.2, 0.25) is 5.91 Å². The number of amides is 2. The lowest BCUT2D eigenvalue weighted by Crippen LogP contribution is -2.22. The summed E-state index contributed by atoms with van der Waals surface area (Å²) in [7, 11) is 0. The highest BCUT2D eigenvalue weighted by atomic mass is 32.2. The smallest absolute Gasteiger partial charge is 0.335 e. The molecule has 0 bridgehead atoms. The fourth-order valence-corrected chi connectivity index (χ4v) is 3.65. The van der Waals surface area contributed by atoms with Crippen molar-refractivity contribution >= 4 is 46.6 Å². The van der Waals surface area contributed by atoms with E-state index < -0.39 is 22.0 Å². The van der Waals surface area contributed by atoms with Crippen LogP contribution in [0.25, 0.3) is 0 Å². The average Bonchev–Trinajstić information content (AvgIpc) is 2.80. The van der Waals surface area contributed by atoms with Crippen LogP contribution in [0.1, 0.15) is 27.6 Å². The van der Waals surface area contributed by atoms with Gasteiger partial charge in [0.15, 0.2) is 0 Å². The first-order valence-electron chi connectivity index (χ1n) is 9.69. The molecule has 168 valence electrons. The van der Waals surface area contributed by atoms with E-state index in [9.17, 15) is 24.5 Å². The van der Waals surface area contributed by atoms with Crippen molar-refractivity contribution in [1.82, 2.24) is 0 Å². The summed E-state index contributed by atoms with van der Waals surface area (Å²) in [4.78, 5) is 46.8. The van der Waals surface area contributed by atoms with Gasteiger partial charge in [0.25, 0.3) is 11.6 Å². The highest BCUT2D eigenvalue weighted by molar-refractivity contribution is 8.00. The molecule has 3 aromatic rings. The SMILES string of the molecule is CC(Sc1ccc(NC(=O)c2cccc([N+](=O)[O-])c2)cc1)C(=O)Nc1ccc(C(=O)O)cc1. The van der Waals surface area contributed by atoms with Crippen molar-refractivity contribution in [1.29, 1.82) is 0 Å². The number of nitrogens with zero attached hydrogens (tertiary/aromatic N) is 1. The van der Waals surface area contributed by atoms with E-state index in [0.717, 1.165) is 4.90 Å². The van der Waals surface area contributed by atoms with Gasteiger partial charge in [-0.15, -0.1) is 11.8 Å². The molecule has 0 saturated carbocycles. The number of nitro groups is 1. The zero-order valence-electron chi connectivity index (χ0n) is 17.3. The van der Waals surface area contributed by atoms with Crippen molar-refractivity contribution < 1.29 is 24.4 Å². The summed E-state index contributed by atoms with van der Waals surface area (Å²) in [5, 5.41) is 24.8. The third kappa shape index (κ3) is 6.40. The first kappa shape index (κ1) is 23.5. The second-order valence-corrected chi connectivity index (χ2v) is 8.33. The molecular weight excluding hydrogens is 446 g/mol. The van der Waals surface area contributed by atoms with E-state index in [1.807, 2.05) is 0 Å². The Hall–Kier alpha value is -4.18. The van der Waals surface area contributed by atoms with Crippen molar-refractivity contribution in [2.45, 2.75) is 17.1 Å². The molecular formula is C23H19N3O6S. The van der Waals surface area contributed by atoms with Gasteiger partial charge in [-0.2, -0.15) is 0 Å². The standard InChI is InChI=1S/C23H19N3O6S/c1-14(21(27)24-17-7-5-15(6-8-17)23(29)30)33-20-11-9-18(10-12-20)25-22(28)16-3-2-4-19(13-16)26(31)32/h2-14H,1H3,(H,24,27)(H,25,28)(H,29,30). The van der Waals surface area contributed by atoms with Gasteiger partial charge in [-0.1, -0.05) is 6.07 Å². The topological polar surface area (TPSA) is 139 Å². The summed E-state index contributed by atoms with van der Waals surface area (Å²) < 4.78 is 0. The summed E-state index contributed by atoms with van der Waals surface area (Å²) in [6, 6.07) is 18.2. The minimum absolute atomic E-state index is 0.132. The number of rotatable bonds is 8. The Morgan fingerprint density at radius 2 is 1.52 bits per heavy atom. The Bertz CT molecular complexity index is 1200. The van der Waals surface area contributed by atoms with Crippen molar-refractivity contribution in [2.24, 2.45) is 0 Å². The van der Waals surface area contributed by atoms with E-state index in [1.165, 1.54) is 60.3 Å². The number of carboxylic acids is 1. The van der Waals surface area contributed by atoms with Crippen molar-refractivity contribution in [3.05, 3.63) is 94.0 Å². The van der Waals surface area contributed by atoms with Crippen LogP contribution in [-0.2, 0) is 4.79 Å². The van der Waals surface area contributed by atoms with E-state index >= 15 is 0 Å². The molecule has 0 aliphatic rings. The predicted octanol–water partition coefficient (Wildman–Crippen LogP) is 4.66. The molecule has 2 amide bonds. The summed E-state index contributed by atoms with van der Waals surface area (Å²) in [5.74, 6) is -1.76. The van der Waals surface area contributed by atoms with Gasteiger partial charge in [-0.05, 0) is 61.5 Å². The molecule has 0 radical (unpaired) electrons. The Labute approximate surface area is 193 Å². The van der Waals surface area contributed by atoms with E-state index in [2.05, 4.69) is 10.6 Å². The fraction of sp³-hybridized carbons (Fsp3) is 0.0870. The number of hydrogen-bond acceptors (Lipinski definition) is 6. The number of carbonyl (C=O) groups is 3. The van der Waals surface area contributed by atoms with Gasteiger partial charge in [-0.25, -0.2) is 4.79 Å². The number of hydrogen-bond donors (Lipinski definition) is 3. The Morgan fingerprint density at radius 3 is 2.12 bits per heavy atom. The Morgan fingerprint density at radius 1 is 0.909 bits per heavy atom. The third-order valence-corrected chi connectivity index (χ3v) is 5.62. The predicted molar refractivity (Wildman–Crippen MR) is 125 cm³/mol. The Kier molecular flexibility index (Phi) is 7.42. The van der Waals surface area contributed by atoms with Gasteiger partial charge in [0.1, 0.15) is 0 Å². The second-order valence-electron chi connectivity index (χ2n) is 6.92. The van der Waals surface area contributed by atoms with Crippen LogP contribution in [0.3, 0.4) is 0 Å². The van der Waals surface area contributed by atoms with Crippen LogP contribution >= 0.6 is 11.8 Å². The molecule has 33 heavy (non-hydrogen) atoms. The molecule has 10 heteroatoms. The molecule has 3 aromatic carbocycles. The third-order valence-electron chi connectivity index (χ3n) is 4.51. The lowest BCUT2D eigenvalue weighted by Gasteiger charge is -2.13. The van der Waals surface area contributed by atoms with Crippen molar-refractivity contribution in [3.63, 3.8) is 0 Å². The van der Waals surface area contributed by atoms with Crippen LogP contribution in [0, 0.1) is 10.1 Å². The molecule has 0 heterocycles. The lowest BCUT2D eigenvalue weighted by molar-refractivity contribution is -0.384. The van der Waals surface area contributed by atoms with Crippen LogP contribution < -0.4 is 10.6 Å². The van der Waals surface area contributed by atoms with E-state index in [1.54, 1.807) is 31.2 Å². The van der Waals surface area contributed by atoms with Crippen LogP contribution in [0.5, 0.6) is 0 Å². The van der Waals surface area contributed by atoms with Crippen molar-refractivity contribution in [3.8, 4) is 0 Å². The first-order chi connectivity index (χ1) is 15.7. The number of carboxylic acid groups (broad SMARTS) is 1. The molecule has 0 fully saturated rings. The number of thioether (sulfide) groups is 1.